The van der Waals surface area contributed by atoms with E-state index in [1.54, 1.807) is 53.7 Å². The number of pyridine rings is 3. The number of benzene rings is 1. The standard InChI is InChI=1S/C27H23N5O4/c1-16-25(36-27(35)30(2)3)24(34)19-14-17(10-11-20(19)31(16)4)23(33)26-29-22(18-8-7-12-28-15-18)21-9-5-6-13-32(21)26/h5-15H,1-4H3. The number of ketones is 1. The summed E-state index contributed by atoms with van der Waals surface area (Å²) in [5.41, 5.74) is 3.13. The van der Waals surface area contributed by atoms with Crippen LogP contribution in [0.4, 0.5) is 4.79 Å². The molecular weight excluding hydrogens is 458 g/mol. The van der Waals surface area contributed by atoms with Crippen LogP contribution in [0, 0.1) is 6.92 Å². The molecule has 0 saturated carbocycles. The second kappa shape index (κ2) is 8.77. The van der Waals surface area contributed by atoms with Gasteiger partial charge in [-0.3, -0.25) is 19.0 Å². The fraction of sp³-hybridized carbons (Fsp3) is 0.148. The maximum Gasteiger partial charge on any atom is 0.414 e. The zero-order chi connectivity index (χ0) is 25.6. The van der Waals surface area contributed by atoms with E-state index in [1.807, 2.05) is 30.3 Å². The van der Waals surface area contributed by atoms with Gasteiger partial charge < -0.3 is 14.2 Å². The first-order valence-corrected chi connectivity index (χ1v) is 11.2. The molecule has 9 nitrogen and oxygen atoms in total. The molecule has 36 heavy (non-hydrogen) atoms. The predicted molar refractivity (Wildman–Crippen MR) is 135 cm³/mol. The van der Waals surface area contributed by atoms with Crippen LogP contribution in [0.3, 0.4) is 0 Å². The van der Waals surface area contributed by atoms with Crippen LogP contribution in [0.15, 0.2) is 71.9 Å². The molecule has 0 saturated heterocycles. The van der Waals surface area contributed by atoms with E-state index in [-0.39, 0.29) is 22.7 Å². The third kappa shape index (κ3) is 3.70. The van der Waals surface area contributed by atoms with Crippen molar-refractivity contribution in [1.82, 2.24) is 23.8 Å². The second-order valence-corrected chi connectivity index (χ2v) is 8.61. The predicted octanol–water partition coefficient (Wildman–Crippen LogP) is 3.85. The number of rotatable bonds is 4. The van der Waals surface area contributed by atoms with E-state index < -0.39 is 11.5 Å². The van der Waals surface area contributed by atoms with Gasteiger partial charge in [-0.05, 0) is 49.4 Å². The van der Waals surface area contributed by atoms with E-state index in [2.05, 4.69) is 9.97 Å². The van der Waals surface area contributed by atoms with Crippen molar-refractivity contribution in [3.63, 3.8) is 0 Å². The number of carbonyl (C=O) groups is 2. The molecule has 9 heteroatoms. The highest BCUT2D eigenvalue weighted by Crippen LogP contribution is 2.27. The Labute approximate surface area is 206 Å². The Morgan fingerprint density at radius 3 is 2.56 bits per heavy atom. The molecule has 1 amide bonds. The summed E-state index contributed by atoms with van der Waals surface area (Å²) >= 11 is 0. The minimum Gasteiger partial charge on any atom is -0.404 e. The maximum absolute atomic E-state index is 13.7. The van der Waals surface area contributed by atoms with Crippen molar-refractivity contribution in [2.24, 2.45) is 7.05 Å². The van der Waals surface area contributed by atoms with Crippen molar-refractivity contribution in [3.8, 4) is 17.0 Å². The molecule has 0 N–H and O–H groups in total. The van der Waals surface area contributed by atoms with Crippen LogP contribution < -0.4 is 10.2 Å². The van der Waals surface area contributed by atoms with Gasteiger partial charge in [-0.1, -0.05) is 6.07 Å². The number of carbonyl (C=O) groups excluding carboxylic acids is 2. The van der Waals surface area contributed by atoms with Crippen LogP contribution in [0.25, 0.3) is 27.7 Å². The lowest BCUT2D eigenvalue weighted by molar-refractivity contribution is 0.102. The van der Waals surface area contributed by atoms with Gasteiger partial charge >= 0.3 is 6.09 Å². The van der Waals surface area contributed by atoms with Crippen LogP contribution >= 0.6 is 0 Å². The number of hydrogen-bond acceptors (Lipinski definition) is 6. The minimum atomic E-state index is -0.659. The van der Waals surface area contributed by atoms with Crippen molar-refractivity contribution >= 4 is 28.3 Å². The van der Waals surface area contributed by atoms with Gasteiger partial charge in [0.15, 0.2) is 11.6 Å². The van der Waals surface area contributed by atoms with Crippen LogP contribution in [0.5, 0.6) is 5.75 Å². The van der Waals surface area contributed by atoms with Crippen molar-refractivity contribution in [3.05, 3.63) is 94.4 Å². The third-order valence-corrected chi connectivity index (χ3v) is 6.14. The third-order valence-electron chi connectivity index (χ3n) is 6.14. The molecule has 0 spiro atoms. The number of aromatic nitrogens is 4. The van der Waals surface area contributed by atoms with Crippen LogP contribution in [-0.2, 0) is 7.05 Å². The number of hydrogen-bond donors (Lipinski definition) is 0. The number of aryl methyl sites for hydroxylation is 1. The molecule has 4 aromatic heterocycles. The normalized spacial score (nSPS) is 11.1. The zero-order valence-electron chi connectivity index (χ0n) is 20.2. The number of fused-ring (bicyclic) bond motifs is 2. The summed E-state index contributed by atoms with van der Waals surface area (Å²) in [5.74, 6) is -0.201. The fourth-order valence-corrected chi connectivity index (χ4v) is 4.11. The maximum atomic E-state index is 13.7. The molecule has 180 valence electrons. The molecule has 0 aliphatic carbocycles. The van der Waals surface area contributed by atoms with E-state index in [1.165, 1.54) is 25.1 Å². The molecular formula is C27H23N5O4. The molecule has 0 unspecified atom stereocenters. The average Bonchev–Trinajstić information content (AvgIpc) is 3.29. The van der Waals surface area contributed by atoms with Crippen molar-refractivity contribution in [2.75, 3.05) is 14.1 Å². The topological polar surface area (TPSA) is 98.8 Å². The summed E-state index contributed by atoms with van der Waals surface area (Å²) in [6.45, 7) is 1.70. The molecule has 0 fully saturated rings. The lowest BCUT2D eigenvalue weighted by Crippen LogP contribution is -2.28. The van der Waals surface area contributed by atoms with Gasteiger partial charge in [-0.25, -0.2) is 9.78 Å². The van der Waals surface area contributed by atoms with Crippen molar-refractivity contribution in [1.29, 1.82) is 0 Å². The Hall–Kier alpha value is -4.79. The van der Waals surface area contributed by atoms with Gasteiger partial charge in [0, 0.05) is 50.9 Å². The first kappa shape index (κ1) is 23.0. The Morgan fingerprint density at radius 2 is 1.83 bits per heavy atom. The summed E-state index contributed by atoms with van der Waals surface area (Å²) in [6, 6.07) is 14.2. The molecule has 0 aliphatic rings. The highest BCUT2D eigenvalue weighted by molar-refractivity contribution is 6.09. The highest BCUT2D eigenvalue weighted by Gasteiger charge is 2.22. The summed E-state index contributed by atoms with van der Waals surface area (Å²) in [4.78, 5) is 49.2. The zero-order valence-corrected chi connectivity index (χ0v) is 20.2. The molecule has 0 atom stereocenters. The van der Waals surface area contributed by atoms with Gasteiger partial charge in [0.25, 0.3) is 0 Å². The average molecular weight is 482 g/mol. The van der Waals surface area contributed by atoms with Gasteiger partial charge in [-0.15, -0.1) is 0 Å². The smallest absolute Gasteiger partial charge is 0.404 e. The van der Waals surface area contributed by atoms with E-state index >= 15 is 0 Å². The first-order chi connectivity index (χ1) is 17.3. The van der Waals surface area contributed by atoms with E-state index in [4.69, 9.17) is 4.74 Å². The summed E-state index contributed by atoms with van der Waals surface area (Å²) in [6.07, 6.45) is 4.49. The Kier molecular flexibility index (Phi) is 5.60. The first-order valence-electron chi connectivity index (χ1n) is 11.2. The number of ether oxygens (including phenoxy) is 1. The van der Waals surface area contributed by atoms with Crippen molar-refractivity contribution in [2.45, 2.75) is 6.92 Å². The van der Waals surface area contributed by atoms with Gasteiger partial charge in [0.2, 0.25) is 11.2 Å². The number of nitrogens with zero attached hydrogens (tertiary/aromatic N) is 5. The van der Waals surface area contributed by atoms with Crippen LogP contribution in [-0.4, -0.2) is 49.8 Å². The Morgan fingerprint density at radius 1 is 1.03 bits per heavy atom. The lowest BCUT2D eigenvalue weighted by Gasteiger charge is -2.16. The van der Waals surface area contributed by atoms with Gasteiger partial charge in [0.05, 0.1) is 27.8 Å². The monoisotopic (exact) mass is 481 g/mol. The summed E-state index contributed by atoms with van der Waals surface area (Å²) < 4.78 is 8.85. The number of imidazole rings is 1. The van der Waals surface area contributed by atoms with Crippen LogP contribution in [0.1, 0.15) is 21.9 Å². The largest absolute Gasteiger partial charge is 0.414 e. The van der Waals surface area contributed by atoms with Gasteiger partial charge in [-0.2, -0.15) is 0 Å². The second-order valence-electron chi connectivity index (χ2n) is 8.61. The molecule has 0 aliphatic heterocycles. The molecule has 5 aromatic rings. The lowest BCUT2D eigenvalue weighted by atomic mass is 10.1. The molecule has 4 heterocycles. The highest BCUT2D eigenvalue weighted by atomic mass is 16.6. The molecule has 5 rings (SSSR count). The van der Waals surface area contributed by atoms with Gasteiger partial charge in [0.1, 0.15) is 0 Å². The minimum absolute atomic E-state index is 0.0709. The van der Waals surface area contributed by atoms with Crippen LogP contribution in [0.2, 0.25) is 0 Å². The molecule has 0 radical (unpaired) electrons. The van der Waals surface area contributed by atoms with Crippen molar-refractivity contribution < 1.29 is 14.3 Å². The fourth-order valence-electron chi connectivity index (χ4n) is 4.11. The van der Waals surface area contributed by atoms with E-state index in [9.17, 15) is 14.4 Å². The summed E-state index contributed by atoms with van der Waals surface area (Å²) in [7, 11) is 4.84. The Balaban J connectivity index is 1.66. The molecule has 1 aromatic carbocycles. The summed E-state index contributed by atoms with van der Waals surface area (Å²) in [5, 5.41) is 0.267. The van der Waals surface area contributed by atoms with E-state index in [0.717, 1.165) is 11.1 Å². The van der Waals surface area contributed by atoms with E-state index in [0.29, 0.717) is 22.5 Å². The molecule has 0 bridgehead atoms. The number of amides is 1. The SMILES string of the molecule is Cc1c(OC(=O)N(C)C)c(=O)c2cc(C(=O)c3nc(-c4cccnc4)c4ccccn34)ccc2n1C. The Bertz CT molecular complexity index is 1720. The quantitative estimate of drug-likeness (QED) is 0.362.